The average Bonchev–Trinajstić information content (AvgIpc) is 3.28. The highest BCUT2D eigenvalue weighted by molar-refractivity contribution is 7.15. The predicted molar refractivity (Wildman–Crippen MR) is 94.3 cm³/mol. The van der Waals surface area contributed by atoms with Gasteiger partial charge in [0.2, 0.25) is 11.8 Å². The lowest BCUT2D eigenvalue weighted by Gasteiger charge is -2.23. The van der Waals surface area contributed by atoms with Crippen molar-refractivity contribution in [3.8, 4) is 0 Å². The lowest BCUT2D eigenvalue weighted by Crippen LogP contribution is -2.43. The number of nitrogens with zero attached hydrogens (tertiary/aromatic N) is 2. The summed E-state index contributed by atoms with van der Waals surface area (Å²) in [7, 11) is 0. The van der Waals surface area contributed by atoms with Crippen molar-refractivity contribution in [3.05, 3.63) is 33.5 Å². The lowest BCUT2D eigenvalue weighted by atomic mass is 10.2. The van der Waals surface area contributed by atoms with E-state index < -0.39 is 6.04 Å². The summed E-state index contributed by atoms with van der Waals surface area (Å²) < 4.78 is 0. The number of amides is 2. The average molecular weight is 365 g/mol. The third-order valence-electron chi connectivity index (χ3n) is 3.92. The fourth-order valence-electron chi connectivity index (χ4n) is 2.78. The Morgan fingerprint density at radius 3 is 3.04 bits per heavy atom. The highest BCUT2D eigenvalue weighted by atomic mass is 32.1. The van der Waals surface area contributed by atoms with Gasteiger partial charge >= 0.3 is 0 Å². The zero-order valence-corrected chi connectivity index (χ0v) is 14.7. The van der Waals surface area contributed by atoms with Crippen LogP contribution in [-0.4, -0.2) is 46.0 Å². The van der Waals surface area contributed by atoms with Gasteiger partial charge in [0, 0.05) is 35.5 Å². The molecule has 24 heavy (non-hydrogen) atoms. The van der Waals surface area contributed by atoms with E-state index in [-0.39, 0.29) is 18.4 Å². The Morgan fingerprint density at radius 1 is 1.42 bits per heavy atom. The van der Waals surface area contributed by atoms with Crippen molar-refractivity contribution in [2.24, 2.45) is 0 Å². The van der Waals surface area contributed by atoms with Crippen LogP contribution in [-0.2, 0) is 22.4 Å². The molecule has 2 N–H and O–H groups in total. The summed E-state index contributed by atoms with van der Waals surface area (Å²) in [5.74, 6) is -0.188. The molecule has 0 aliphatic carbocycles. The van der Waals surface area contributed by atoms with E-state index in [1.165, 1.54) is 11.3 Å². The molecule has 1 saturated heterocycles. The summed E-state index contributed by atoms with van der Waals surface area (Å²) in [6, 6.07) is 3.43. The molecule has 0 aromatic carbocycles. The molecule has 2 aromatic heterocycles. The van der Waals surface area contributed by atoms with E-state index >= 15 is 0 Å². The molecule has 8 heteroatoms. The Morgan fingerprint density at radius 2 is 2.29 bits per heavy atom. The third-order valence-corrected chi connectivity index (χ3v) is 5.77. The SMILES string of the molecule is O=C(Nc1ncc(CCO)s1)[C@H]1CCCN1C(=O)Cc1cccs1. The monoisotopic (exact) mass is 365 g/mol. The summed E-state index contributed by atoms with van der Waals surface area (Å²) in [5, 5.41) is 14.2. The van der Waals surface area contributed by atoms with Crippen molar-refractivity contribution in [3.63, 3.8) is 0 Å². The number of aliphatic hydroxyl groups is 1. The summed E-state index contributed by atoms with van der Waals surface area (Å²) in [5.41, 5.74) is 0. The van der Waals surface area contributed by atoms with Gasteiger partial charge in [-0.05, 0) is 24.3 Å². The van der Waals surface area contributed by atoms with Gasteiger partial charge in [0.15, 0.2) is 5.13 Å². The molecule has 0 unspecified atom stereocenters. The maximum Gasteiger partial charge on any atom is 0.248 e. The van der Waals surface area contributed by atoms with E-state index in [2.05, 4.69) is 10.3 Å². The van der Waals surface area contributed by atoms with E-state index in [1.807, 2.05) is 17.5 Å². The van der Waals surface area contributed by atoms with Gasteiger partial charge in [0.25, 0.3) is 0 Å². The molecule has 0 spiro atoms. The Bertz CT molecular complexity index is 699. The van der Waals surface area contributed by atoms with Crippen molar-refractivity contribution in [2.75, 3.05) is 18.5 Å². The Labute approximate surface area is 148 Å². The van der Waals surface area contributed by atoms with Crippen LogP contribution in [0.5, 0.6) is 0 Å². The number of rotatable bonds is 6. The fourth-order valence-corrected chi connectivity index (χ4v) is 4.28. The van der Waals surface area contributed by atoms with Gasteiger partial charge in [-0.2, -0.15) is 0 Å². The molecule has 6 nitrogen and oxygen atoms in total. The Hall–Kier alpha value is -1.77. The third kappa shape index (κ3) is 4.00. The van der Waals surface area contributed by atoms with Crippen molar-refractivity contribution in [1.82, 2.24) is 9.88 Å². The molecule has 2 amide bonds. The molecule has 128 valence electrons. The van der Waals surface area contributed by atoms with Crippen LogP contribution in [0.2, 0.25) is 0 Å². The van der Waals surface area contributed by atoms with Gasteiger partial charge in [0.05, 0.1) is 6.42 Å². The molecule has 1 aliphatic rings. The van der Waals surface area contributed by atoms with Gasteiger partial charge in [-0.25, -0.2) is 4.98 Å². The number of nitrogens with one attached hydrogen (secondary N) is 1. The van der Waals surface area contributed by atoms with Gasteiger partial charge in [-0.3, -0.25) is 9.59 Å². The highest BCUT2D eigenvalue weighted by Crippen LogP contribution is 2.23. The second kappa shape index (κ2) is 7.87. The summed E-state index contributed by atoms with van der Waals surface area (Å²) in [4.78, 5) is 32.8. The molecule has 1 atom stereocenters. The first-order valence-electron chi connectivity index (χ1n) is 7.85. The molecular weight excluding hydrogens is 346 g/mol. The van der Waals surface area contributed by atoms with Crippen LogP contribution in [0.25, 0.3) is 0 Å². The van der Waals surface area contributed by atoms with Crippen LogP contribution in [0.3, 0.4) is 0 Å². The molecule has 0 saturated carbocycles. The zero-order valence-electron chi connectivity index (χ0n) is 13.1. The number of aliphatic hydroxyl groups excluding tert-OH is 1. The normalized spacial score (nSPS) is 17.2. The Kier molecular flexibility index (Phi) is 5.60. The number of anilines is 1. The predicted octanol–water partition coefficient (Wildman–Crippen LogP) is 1.91. The summed E-state index contributed by atoms with van der Waals surface area (Å²) in [6.07, 6.45) is 4.05. The number of hydrogen-bond acceptors (Lipinski definition) is 6. The van der Waals surface area contributed by atoms with Crippen LogP contribution < -0.4 is 5.32 Å². The summed E-state index contributed by atoms with van der Waals surface area (Å²) in [6.45, 7) is 0.680. The molecule has 2 aromatic rings. The summed E-state index contributed by atoms with van der Waals surface area (Å²) >= 11 is 2.91. The minimum atomic E-state index is -0.428. The molecule has 1 fully saturated rings. The van der Waals surface area contributed by atoms with E-state index in [0.717, 1.165) is 16.2 Å². The number of likely N-dealkylation sites (tertiary alicyclic amines) is 1. The van der Waals surface area contributed by atoms with Crippen molar-refractivity contribution in [2.45, 2.75) is 31.7 Å². The Balaban J connectivity index is 1.61. The molecule has 3 rings (SSSR count). The minimum absolute atomic E-state index is 0.00444. The van der Waals surface area contributed by atoms with Crippen LogP contribution in [0.1, 0.15) is 22.6 Å². The quantitative estimate of drug-likeness (QED) is 0.819. The van der Waals surface area contributed by atoms with Crippen LogP contribution in [0.4, 0.5) is 5.13 Å². The zero-order chi connectivity index (χ0) is 16.9. The van der Waals surface area contributed by atoms with Gasteiger partial charge in [-0.1, -0.05) is 6.07 Å². The van der Waals surface area contributed by atoms with Crippen molar-refractivity contribution < 1.29 is 14.7 Å². The van der Waals surface area contributed by atoms with Crippen LogP contribution >= 0.6 is 22.7 Å². The number of thiazole rings is 1. The maximum absolute atomic E-state index is 12.5. The van der Waals surface area contributed by atoms with E-state index in [9.17, 15) is 9.59 Å². The first-order valence-corrected chi connectivity index (χ1v) is 9.55. The van der Waals surface area contributed by atoms with E-state index in [1.54, 1.807) is 22.4 Å². The van der Waals surface area contributed by atoms with Crippen LogP contribution in [0.15, 0.2) is 23.7 Å². The second-order valence-corrected chi connectivity index (χ2v) is 7.74. The largest absolute Gasteiger partial charge is 0.396 e. The molecule has 0 radical (unpaired) electrons. The molecular formula is C16H19N3O3S2. The van der Waals surface area contributed by atoms with Gasteiger partial charge < -0.3 is 15.3 Å². The number of thiophene rings is 1. The molecule has 1 aliphatic heterocycles. The molecule has 0 bridgehead atoms. The van der Waals surface area contributed by atoms with Gasteiger partial charge in [0.1, 0.15) is 6.04 Å². The first kappa shape index (κ1) is 17.1. The fraction of sp³-hybridized carbons (Fsp3) is 0.438. The van der Waals surface area contributed by atoms with E-state index in [4.69, 9.17) is 5.11 Å². The minimum Gasteiger partial charge on any atom is -0.396 e. The standard InChI is InChI=1S/C16H19N3O3S2/c20-7-5-12-10-17-16(24-12)18-15(22)13-4-1-6-19(13)14(21)9-11-3-2-8-23-11/h2-3,8,10,13,20H,1,4-7,9H2,(H,17,18,22)/t13-/m1/s1. The number of carbonyl (C=O) groups is 2. The number of carbonyl (C=O) groups excluding carboxylic acids is 2. The van der Waals surface area contributed by atoms with Crippen LogP contribution in [0, 0.1) is 0 Å². The molecule has 3 heterocycles. The number of aromatic nitrogens is 1. The highest BCUT2D eigenvalue weighted by Gasteiger charge is 2.34. The topological polar surface area (TPSA) is 82.5 Å². The second-order valence-electron chi connectivity index (χ2n) is 5.60. The van der Waals surface area contributed by atoms with Crippen molar-refractivity contribution in [1.29, 1.82) is 0 Å². The smallest absolute Gasteiger partial charge is 0.248 e. The lowest BCUT2D eigenvalue weighted by molar-refractivity contribution is -0.136. The van der Waals surface area contributed by atoms with Gasteiger partial charge in [-0.15, -0.1) is 22.7 Å². The first-order chi connectivity index (χ1) is 11.7. The van der Waals surface area contributed by atoms with E-state index in [0.29, 0.717) is 30.9 Å². The number of hydrogen-bond donors (Lipinski definition) is 2. The maximum atomic E-state index is 12.5. The van der Waals surface area contributed by atoms with Crippen molar-refractivity contribution >= 4 is 39.6 Å².